The standard InChI is InChI=1S/C23H20N4O3S/c1-14-10-11-20-21(15(14)2)25-23(31-20)26(13-17-7-4-5-12-24-17)22(28)18-8-6-9-19(16(18)3)27(29)30/h4-12H,13H2,1-3H3. The SMILES string of the molecule is Cc1ccc2sc(N(Cc3ccccn3)C(=O)c3cccc([N+](=O)[O-])c3C)nc2c1C. The molecule has 7 nitrogen and oxygen atoms in total. The van der Waals surface area contributed by atoms with Gasteiger partial charge in [-0.05, 0) is 56.2 Å². The van der Waals surface area contributed by atoms with Crippen LogP contribution in [-0.2, 0) is 6.54 Å². The van der Waals surface area contributed by atoms with Crippen LogP contribution in [0.3, 0.4) is 0 Å². The fourth-order valence-electron chi connectivity index (χ4n) is 3.41. The minimum absolute atomic E-state index is 0.0839. The van der Waals surface area contributed by atoms with Crippen LogP contribution in [0.25, 0.3) is 10.2 Å². The normalized spacial score (nSPS) is 10.9. The van der Waals surface area contributed by atoms with Crippen LogP contribution in [0.15, 0.2) is 54.7 Å². The predicted octanol–water partition coefficient (Wildman–Crippen LogP) is 5.37. The van der Waals surface area contributed by atoms with Crippen LogP contribution in [0.2, 0.25) is 0 Å². The molecular weight excluding hydrogens is 412 g/mol. The monoisotopic (exact) mass is 432 g/mol. The molecule has 0 atom stereocenters. The van der Waals surface area contributed by atoms with E-state index in [2.05, 4.69) is 4.98 Å². The van der Waals surface area contributed by atoms with E-state index in [0.29, 0.717) is 16.4 Å². The van der Waals surface area contributed by atoms with Gasteiger partial charge in [-0.1, -0.05) is 29.5 Å². The zero-order chi connectivity index (χ0) is 22.1. The van der Waals surface area contributed by atoms with Gasteiger partial charge in [0.1, 0.15) is 0 Å². The number of hydrogen-bond donors (Lipinski definition) is 0. The van der Waals surface area contributed by atoms with Gasteiger partial charge in [0.15, 0.2) is 5.13 Å². The first-order valence-corrected chi connectivity index (χ1v) is 10.5. The van der Waals surface area contributed by atoms with E-state index in [-0.39, 0.29) is 23.7 Å². The molecule has 2 heterocycles. The summed E-state index contributed by atoms with van der Waals surface area (Å²) in [5.74, 6) is -0.347. The topological polar surface area (TPSA) is 89.2 Å². The fourth-order valence-corrected chi connectivity index (χ4v) is 4.43. The van der Waals surface area contributed by atoms with Crippen LogP contribution >= 0.6 is 11.3 Å². The maximum atomic E-state index is 13.6. The number of amides is 1. The van der Waals surface area contributed by atoms with Gasteiger partial charge in [0, 0.05) is 23.4 Å². The number of aromatic nitrogens is 2. The Morgan fingerprint density at radius 1 is 1.06 bits per heavy atom. The van der Waals surface area contributed by atoms with Crippen LogP contribution < -0.4 is 4.90 Å². The Morgan fingerprint density at radius 2 is 1.87 bits per heavy atom. The van der Waals surface area contributed by atoms with E-state index in [1.807, 2.05) is 44.2 Å². The second kappa shape index (κ2) is 8.23. The number of nitro benzene ring substituents is 1. The molecule has 0 fully saturated rings. The Hall–Kier alpha value is -3.65. The molecule has 0 radical (unpaired) electrons. The summed E-state index contributed by atoms with van der Waals surface area (Å²) >= 11 is 1.42. The highest BCUT2D eigenvalue weighted by molar-refractivity contribution is 7.22. The molecule has 0 saturated heterocycles. The van der Waals surface area contributed by atoms with Crippen molar-refractivity contribution in [2.45, 2.75) is 27.3 Å². The van der Waals surface area contributed by atoms with Crippen molar-refractivity contribution in [3.8, 4) is 0 Å². The molecule has 1 amide bonds. The average Bonchev–Trinajstić information content (AvgIpc) is 3.20. The van der Waals surface area contributed by atoms with E-state index in [4.69, 9.17) is 4.98 Å². The zero-order valence-electron chi connectivity index (χ0n) is 17.3. The Kier molecular flexibility index (Phi) is 5.48. The van der Waals surface area contributed by atoms with Crippen molar-refractivity contribution in [3.63, 3.8) is 0 Å². The molecule has 8 heteroatoms. The highest BCUT2D eigenvalue weighted by Crippen LogP contribution is 2.34. The fraction of sp³-hybridized carbons (Fsp3) is 0.174. The number of nitrogens with zero attached hydrogens (tertiary/aromatic N) is 4. The first-order valence-electron chi connectivity index (χ1n) is 9.69. The summed E-state index contributed by atoms with van der Waals surface area (Å²) in [5.41, 5.74) is 4.27. The number of thiazole rings is 1. The molecule has 0 bridgehead atoms. The van der Waals surface area contributed by atoms with Crippen LogP contribution in [0.1, 0.15) is 32.7 Å². The second-order valence-corrected chi connectivity index (χ2v) is 8.28. The van der Waals surface area contributed by atoms with Gasteiger partial charge in [0.05, 0.1) is 27.4 Å². The quantitative estimate of drug-likeness (QED) is 0.312. The van der Waals surface area contributed by atoms with E-state index in [9.17, 15) is 14.9 Å². The zero-order valence-corrected chi connectivity index (χ0v) is 18.1. The average molecular weight is 433 g/mol. The summed E-state index contributed by atoms with van der Waals surface area (Å²) < 4.78 is 0.979. The van der Waals surface area contributed by atoms with Gasteiger partial charge in [0.25, 0.3) is 11.6 Å². The summed E-state index contributed by atoms with van der Waals surface area (Å²) in [4.78, 5) is 35.2. The van der Waals surface area contributed by atoms with E-state index in [1.54, 1.807) is 24.1 Å². The first kappa shape index (κ1) is 20.6. The number of rotatable bonds is 5. The molecule has 0 unspecified atom stereocenters. The molecule has 31 heavy (non-hydrogen) atoms. The summed E-state index contributed by atoms with van der Waals surface area (Å²) in [7, 11) is 0. The lowest BCUT2D eigenvalue weighted by atomic mass is 10.1. The van der Waals surface area contributed by atoms with Crippen LogP contribution in [0.4, 0.5) is 10.8 Å². The lowest BCUT2D eigenvalue weighted by Gasteiger charge is -2.20. The van der Waals surface area contributed by atoms with Gasteiger partial charge in [-0.3, -0.25) is 24.8 Å². The molecule has 0 N–H and O–H groups in total. The van der Waals surface area contributed by atoms with Gasteiger partial charge in [-0.15, -0.1) is 0 Å². The van der Waals surface area contributed by atoms with Crippen molar-refractivity contribution in [1.82, 2.24) is 9.97 Å². The van der Waals surface area contributed by atoms with Crippen LogP contribution in [-0.4, -0.2) is 20.8 Å². The molecule has 4 aromatic rings. The van der Waals surface area contributed by atoms with E-state index < -0.39 is 4.92 Å². The van der Waals surface area contributed by atoms with E-state index >= 15 is 0 Å². The van der Waals surface area contributed by atoms with E-state index in [1.165, 1.54) is 23.5 Å². The molecule has 4 rings (SSSR count). The smallest absolute Gasteiger partial charge is 0.273 e. The highest BCUT2D eigenvalue weighted by Gasteiger charge is 2.26. The Balaban J connectivity index is 1.84. The largest absolute Gasteiger partial charge is 0.278 e. The summed E-state index contributed by atoms with van der Waals surface area (Å²) in [6.45, 7) is 5.84. The van der Waals surface area contributed by atoms with Crippen molar-refractivity contribution >= 4 is 38.3 Å². The number of carbonyl (C=O) groups is 1. The molecule has 156 valence electrons. The van der Waals surface area contributed by atoms with Gasteiger partial charge >= 0.3 is 0 Å². The van der Waals surface area contributed by atoms with E-state index in [0.717, 1.165) is 21.3 Å². The third-order valence-electron chi connectivity index (χ3n) is 5.33. The molecule has 0 aliphatic rings. The number of hydrogen-bond acceptors (Lipinski definition) is 6. The molecule has 0 spiro atoms. The highest BCUT2D eigenvalue weighted by atomic mass is 32.1. The Morgan fingerprint density at radius 3 is 2.58 bits per heavy atom. The van der Waals surface area contributed by atoms with Gasteiger partial charge in [-0.2, -0.15) is 0 Å². The van der Waals surface area contributed by atoms with Crippen molar-refractivity contribution in [2.75, 3.05) is 4.90 Å². The lowest BCUT2D eigenvalue weighted by Crippen LogP contribution is -2.31. The molecule has 0 aliphatic carbocycles. The summed E-state index contributed by atoms with van der Waals surface area (Å²) in [5, 5.41) is 11.9. The van der Waals surface area contributed by atoms with Crippen molar-refractivity contribution in [1.29, 1.82) is 0 Å². The predicted molar refractivity (Wildman–Crippen MR) is 122 cm³/mol. The van der Waals surface area contributed by atoms with Gasteiger partial charge in [-0.25, -0.2) is 4.98 Å². The summed E-state index contributed by atoms with van der Waals surface area (Å²) in [6, 6.07) is 14.1. The minimum Gasteiger partial charge on any atom is -0.278 e. The Bertz CT molecular complexity index is 1300. The third kappa shape index (κ3) is 3.89. The molecule has 0 aliphatic heterocycles. The number of fused-ring (bicyclic) bond motifs is 1. The number of carbonyl (C=O) groups excluding carboxylic acids is 1. The van der Waals surface area contributed by atoms with Crippen molar-refractivity contribution in [3.05, 3.63) is 92.8 Å². The minimum atomic E-state index is -0.473. The van der Waals surface area contributed by atoms with Gasteiger partial charge < -0.3 is 0 Å². The van der Waals surface area contributed by atoms with Crippen molar-refractivity contribution < 1.29 is 9.72 Å². The molecule has 2 aromatic carbocycles. The van der Waals surface area contributed by atoms with Crippen LogP contribution in [0, 0.1) is 30.9 Å². The lowest BCUT2D eigenvalue weighted by molar-refractivity contribution is -0.385. The summed E-state index contributed by atoms with van der Waals surface area (Å²) in [6.07, 6.45) is 1.67. The number of benzene rings is 2. The number of aryl methyl sites for hydroxylation is 2. The van der Waals surface area contributed by atoms with Gasteiger partial charge in [0.2, 0.25) is 0 Å². The molecular formula is C23H20N4O3S. The molecule has 0 saturated carbocycles. The maximum absolute atomic E-state index is 13.6. The third-order valence-corrected chi connectivity index (χ3v) is 6.37. The van der Waals surface area contributed by atoms with Crippen molar-refractivity contribution in [2.24, 2.45) is 0 Å². The maximum Gasteiger partial charge on any atom is 0.273 e. The number of nitro groups is 1. The first-order chi connectivity index (χ1) is 14.9. The number of pyridine rings is 1. The molecule has 2 aromatic heterocycles. The Labute approximate surface area is 183 Å². The van der Waals surface area contributed by atoms with Crippen LogP contribution in [0.5, 0.6) is 0 Å². The second-order valence-electron chi connectivity index (χ2n) is 7.27. The number of anilines is 1.